The molecule has 33 heavy (non-hydrogen) atoms. The van der Waals surface area contributed by atoms with Crippen LogP contribution in [0.4, 0.5) is 5.95 Å². The molecular formula is C25H37N7O. The molecule has 1 atom stereocenters. The third-order valence-corrected chi connectivity index (χ3v) is 6.41. The molecule has 1 aliphatic rings. The highest BCUT2D eigenvalue weighted by Crippen LogP contribution is 2.25. The first-order chi connectivity index (χ1) is 15.9. The summed E-state index contributed by atoms with van der Waals surface area (Å²) in [6, 6.07) is 8.14. The van der Waals surface area contributed by atoms with Crippen LogP contribution in [0, 0.1) is 0 Å². The second-order valence-electron chi connectivity index (χ2n) is 9.38. The molecule has 0 amide bonds. The number of anilines is 1. The van der Waals surface area contributed by atoms with Gasteiger partial charge in [0.1, 0.15) is 11.6 Å². The molecule has 1 N–H and O–H groups in total. The van der Waals surface area contributed by atoms with Crippen LogP contribution < -0.4 is 10.1 Å². The highest BCUT2D eigenvalue weighted by Gasteiger charge is 2.18. The van der Waals surface area contributed by atoms with Crippen molar-refractivity contribution in [3.05, 3.63) is 47.4 Å². The summed E-state index contributed by atoms with van der Waals surface area (Å²) < 4.78 is 7.23. The van der Waals surface area contributed by atoms with Crippen LogP contribution in [0.15, 0.2) is 30.5 Å². The van der Waals surface area contributed by atoms with Crippen molar-refractivity contribution in [3.8, 4) is 5.75 Å². The predicted octanol–water partition coefficient (Wildman–Crippen LogP) is 3.96. The second kappa shape index (κ2) is 10.5. The maximum absolute atomic E-state index is 5.40. The van der Waals surface area contributed by atoms with Crippen LogP contribution in [0.2, 0.25) is 0 Å². The lowest BCUT2D eigenvalue weighted by molar-refractivity contribution is 0.249. The number of hydrogen-bond donors (Lipinski definition) is 1. The fraction of sp³-hybridized carbons (Fsp3) is 0.560. The van der Waals surface area contributed by atoms with Crippen molar-refractivity contribution in [2.75, 3.05) is 45.7 Å². The van der Waals surface area contributed by atoms with E-state index < -0.39 is 0 Å². The van der Waals surface area contributed by atoms with E-state index in [2.05, 4.69) is 54.1 Å². The van der Waals surface area contributed by atoms with Gasteiger partial charge >= 0.3 is 0 Å². The van der Waals surface area contributed by atoms with Crippen LogP contribution in [0.3, 0.4) is 0 Å². The number of benzene rings is 1. The van der Waals surface area contributed by atoms with E-state index in [1.165, 1.54) is 25.9 Å². The van der Waals surface area contributed by atoms with E-state index >= 15 is 0 Å². The van der Waals surface area contributed by atoms with E-state index in [-0.39, 0.29) is 6.04 Å². The summed E-state index contributed by atoms with van der Waals surface area (Å²) >= 11 is 0. The van der Waals surface area contributed by atoms with Crippen molar-refractivity contribution >= 4 is 11.6 Å². The van der Waals surface area contributed by atoms with Crippen molar-refractivity contribution in [1.29, 1.82) is 0 Å². The number of likely N-dealkylation sites (tertiary alicyclic amines) is 1. The van der Waals surface area contributed by atoms with Gasteiger partial charge in [-0.15, -0.1) is 0 Å². The fourth-order valence-corrected chi connectivity index (χ4v) is 4.34. The molecule has 1 fully saturated rings. The van der Waals surface area contributed by atoms with Gasteiger partial charge in [-0.3, -0.25) is 4.90 Å². The Kier molecular flexibility index (Phi) is 7.45. The summed E-state index contributed by atoms with van der Waals surface area (Å²) in [4.78, 5) is 14.7. The minimum absolute atomic E-state index is 0.0330. The fourth-order valence-electron chi connectivity index (χ4n) is 4.34. The third kappa shape index (κ3) is 5.62. The van der Waals surface area contributed by atoms with Gasteiger partial charge in [0.2, 0.25) is 5.95 Å². The number of fused-ring (bicyclic) bond motifs is 1. The van der Waals surface area contributed by atoms with Gasteiger partial charge in [-0.1, -0.05) is 26.0 Å². The van der Waals surface area contributed by atoms with Crippen LogP contribution >= 0.6 is 0 Å². The van der Waals surface area contributed by atoms with Gasteiger partial charge in [0.05, 0.1) is 25.9 Å². The molecule has 2 aromatic heterocycles. The van der Waals surface area contributed by atoms with E-state index in [4.69, 9.17) is 14.7 Å². The number of hydrogen-bond acceptors (Lipinski definition) is 7. The van der Waals surface area contributed by atoms with Gasteiger partial charge in [-0.05, 0) is 63.5 Å². The second-order valence-corrected chi connectivity index (χ2v) is 9.38. The molecular weight excluding hydrogens is 414 g/mol. The Labute approximate surface area is 197 Å². The summed E-state index contributed by atoms with van der Waals surface area (Å²) in [6.45, 7) is 11.7. The Morgan fingerprint density at radius 3 is 2.67 bits per heavy atom. The highest BCUT2D eigenvalue weighted by molar-refractivity contribution is 5.52. The van der Waals surface area contributed by atoms with Crippen molar-refractivity contribution in [1.82, 2.24) is 29.4 Å². The molecule has 1 aromatic carbocycles. The van der Waals surface area contributed by atoms with Crippen LogP contribution in [-0.2, 0) is 6.54 Å². The van der Waals surface area contributed by atoms with Crippen LogP contribution in [0.5, 0.6) is 5.75 Å². The minimum atomic E-state index is 0.0330. The zero-order chi connectivity index (χ0) is 23.4. The Morgan fingerprint density at radius 2 is 1.94 bits per heavy atom. The van der Waals surface area contributed by atoms with Gasteiger partial charge in [0.25, 0.3) is 0 Å². The summed E-state index contributed by atoms with van der Waals surface area (Å²) in [5.74, 6) is 2.71. The first-order valence-electron chi connectivity index (χ1n) is 12.0. The van der Waals surface area contributed by atoms with E-state index in [1.807, 2.05) is 28.9 Å². The first kappa shape index (κ1) is 23.4. The maximum Gasteiger partial charge on any atom is 0.228 e. The molecule has 1 aliphatic heterocycles. The minimum Gasteiger partial charge on any atom is -0.497 e. The molecule has 8 nitrogen and oxygen atoms in total. The summed E-state index contributed by atoms with van der Waals surface area (Å²) in [5, 5.41) is 8.18. The predicted molar refractivity (Wildman–Crippen MR) is 132 cm³/mol. The lowest BCUT2D eigenvalue weighted by atomic mass is 10.1. The van der Waals surface area contributed by atoms with Crippen molar-refractivity contribution < 1.29 is 4.74 Å². The summed E-state index contributed by atoms with van der Waals surface area (Å²) in [7, 11) is 3.84. The lowest BCUT2D eigenvalue weighted by Crippen LogP contribution is -2.31. The number of nitrogens with one attached hydrogen (secondary N) is 1. The summed E-state index contributed by atoms with van der Waals surface area (Å²) in [5.41, 5.74) is 3.14. The molecule has 0 spiro atoms. The number of ether oxygens (including phenoxy) is 1. The molecule has 3 heterocycles. The zero-order valence-corrected chi connectivity index (χ0v) is 20.6. The molecule has 1 saturated heterocycles. The first-order valence-corrected chi connectivity index (χ1v) is 12.0. The molecule has 178 valence electrons. The van der Waals surface area contributed by atoms with Gasteiger partial charge in [0.15, 0.2) is 5.65 Å². The molecule has 3 aromatic rings. The zero-order valence-electron chi connectivity index (χ0n) is 20.6. The smallest absolute Gasteiger partial charge is 0.228 e. The van der Waals surface area contributed by atoms with E-state index in [0.717, 1.165) is 41.4 Å². The van der Waals surface area contributed by atoms with Gasteiger partial charge in [-0.25, -0.2) is 4.98 Å². The van der Waals surface area contributed by atoms with Crippen LogP contribution in [0.25, 0.3) is 5.65 Å². The molecule has 0 unspecified atom stereocenters. The largest absolute Gasteiger partial charge is 0.497 e. The highest BCUT2D eigenvalue weighted by atomic mass is 16.5. The number of nitrogens with zero attached hydrogens (tertiary/aromatic N) is 6. The normalized spacial score (nSPS) is 15.6. The van der Waals surface area contributed by atoms with Crippen molar-refractivity contribution in [2.24, 2.45) is 0 Å². The van der Waals surface area contributed by atoms with E-state index in [0.29, 0.717) is 18.4 Å². The van der Waals surface area contributed by atoms with Gasteiger partial charge < -0.3 is 15.0 Å². The Morgan fingerprint density at radius 1 is 1.15 bits per heavy atom. The third-order valence-electron chi connectivity index (χ3n) is 6.41. The van der Waals surface area contributed by atoms with Crippen LogP contribution in [-0.4, -0.2) is 69.7 Å². The molecule has 4 rings (SSSR count). The number of likely N-dealkylation sites (N-methyl/N-ethyl adjacent to an activating group) is 1. The molecule has 0 bridgehead atoms. The van der Waals surface area contributed by atoms with Crippen molar-refractivity contribution in [2.45, 2.75) is 52.1 Å². The molecule has 8 heteroatoms. The quantitative estimate of drug-likeness (QED) is 0.500. The van der Waals surface area contributed by atoms with Gasteiger partial charge in [0, 0.05) is 18.7 Å². The van der Waals surface area contributed by atoms with Crippen LogP contribution in [0.1, 0.15) is 62.5 Å². The maximum atomic E-state index is 5.40. The number of rotatable bonds is 10. The average Bonchev–Trinajstić information content (AvgIpc) is 3.48. The molecule has 0 aliphatic carbocycles. The van der Waals surface area contributed by atoms with Crippen molar-refractivity contribution in [3.63, 3.8) is 0 Å². The van der Waals surface area contributed by atoms with E-state index in [9.17, 15) is 0 Å². The Bertz CT molecular complexity index is 1060. The standard InChI is InChI=1S/C25H37N7O/c1-18(2)22-16-26-32-24(22)28-23(17-30(4)13-14-31-11-6-7-12-31)29-25(32)27-19(3)20-9-8-10-21(15-20)33-5/h8-10,15-16,18-19H,6-7,11-14,17H2,1-5H3,(H,27,28,29)/t19-/m0/s1. The molecule has 0 saturated carbocycles. The Hall–Kier alpha value is -2.71. The number of methoxy groups -OCH3 is 1. The number of aromatic nitrogens is 4. The topological polar surface area (TPSA) is 70.8 Å². The summed E-state index contributed by atoms with van der Waals surface area (Å²) in [6.07, 6.45) is 4.56. The lowest BCUT2D eigenvalue weighted by Gasteiger charge is -2.21. The van der Waals surface area contributed by atoms with E-state index in [1.54, 1.807) is 7.11 Å². The average molecular weight is 452 g/mol. The SMILES string of the molecule is COc1cccc([C@H](C)Nc2nc(CN(C)CCN3CCCC3)nc3c(C(C)C)cnn23)c1. The van der Waals surface area contributed by atoms with Gasteiger partial charge in [-0.2, -0.15) is 14.6 Å². The Balaban J connectivity index is 1.57. The molecule has 0 radical (unpaired) electrons. The monoisotopic (exact) mass is 451 g/mol.